The molecule has 27 heavy (non-hydrogen) atoms. The number of benzene rings is 2. The molecule has 2 aromatic carbocycles. The summed E-state index contributed by atoms with van der Waals surface area (Å²) in [5, 5.41) is 1.57. The zero-order valence-corrected chi connectivity index (χ0v) is 17.0. The van der Waals surface area contributed by atoms with Crippen molar-refractivity contribution in [1.29, 1.82) is 0 Å². The third-order valence-electron chi connectivity index (χ3n) is 6.02. The smallest absolute Gasteiger partial charge is 0.270 e. The van der Waals surface area contributed by atoms with Gasteiger partial charge in [-0.1, -0.05) is 47.5 Å². The number of aryl methyl sites for hydroxylation is 1. The Hall–Kier alpha value is -1.88. The van der Waals surface area contributed by atoms with Crippen LogP contribution in [0.1, 0.15) is 33.1 Å². The summed E-state index contributed by atoms with van der Waals surface area (Å²) < 4.78 is 1.07. The first-order valence-corrected chi connectivity index (χ1v) is 10.7. The van der Waals surface area contributed by atoms with E-state index in [1.807, 2.05) is 29.2 Å². The predicted octanol–water partition coefficient (Wildman–Crippen LogP) is 3.89. The number of quaternary nitrogens is 1. The number of hydrogen-bond acceptors (Lipinski definition) is 2. The average molecular weight is 398 g/mol. The molecule has 2 aliphatic heterocycles. The number of fused-ring (bicyclic) bond motifs is 4. The summed E-state index contributed by atoms with van der Waals surface area (Å²) in [5.74, 6) is 0.462. The van der Waals surface area contributed by atoms with Crippen LogP contribution in [0.4, 0.5) is 5.69 Å². The summed E-state index contributed by atoms with van der Waals surface area (Å²) >= 11 is 8.15. The Balaban J connectivity index is 1.63. The summed E-state index contributed by atoms with van der Waals surface area (Å²) in [6.45, 7) is 4.30. The fraction of sp³-hybridized carbons (Fsp3) is 0.318. The van der Waals surface area contributed by atoms with E-state index in [1.165, 1.54) is 27.4 Å². The molecule has 1 amide bonds. The van der Waals surface area contributed by atoms with Crippen molar-refractivity contribution in [3.8, 4) is 0 Å². The number of amides is 1. The van der Waals surface area contributed by atoms with Gasteiger partial charge in [0, 0.05) is 22.2 Å². The third-order valence-corrected chi connectivity index (χ3v) is 7.68. The first kappa shape index (κ1) is 17.2. The molecule has 1 aromatic heterocycles. The third kappa shape index (κ3) is 2.62. The Morgan fingerprint density at radius 3 is 2.89 bits per heavy atom. The van der Waals surface area contributed by atoms with E-state index in [0.29, 0.717) is 15.8 Å². The van der Waals surface area contributed by atoms with E-state index in [4.69, 9.17) is 11.6 Å². The molecule has 0 bridgehead atoms. The van der Waals surface area contributed by atoms with Crippen LogP contribution in [0.5, 0.6) is 0 Å². The van der Waals surface area contributed by atoms with Crippen LogP contribution in [-0.4, -0.2) is 32.1 Å². The van der Waals surface area contributed by atoms with Crippen LogP contribution in [0, 0.1) is 6.92 Å². The van der Waals surface area contributed by atoms with E-state index >= 15 is 0 Å². The van der Waals surface area contributed by atoms with Gasteiger partial charge in [0.15, 0.2) is 0 Å². The van der Waals surface area contributed by atoms with E-state index in [1.54, 1.807) is 0 Å². The zero-order chi connectivity index (χ0) is 18.7. The molecule has 3 aromatic rings. The topological polar surface area (TPSA) is 24.8 Å². The molecule has 2 aliphatic rings. The van der Waals surface area contributed by atoms with Gasteiger partial charge >= 0.3 is 0 Å². The number of nitrogens with one attached hydrogen (secondary N) is 1. The standard InChI is InChI=1S/C22H21ClN2OS/c1-13-7-8-17-15(11-13)16-12-24(2)10-9-18(16)25(17)22(26)21-20(23)14-5-3-4-6-19(14)27-21/h3-8,11,16,18H,9-10,12H2,1-2H3/p+1/t16-,18-/m0/s1. The van der Waals surface area contributed by atoms with Gasteiger partial charge in [-0.25, -0.2) is 0 Å². The average Bonchev–Trinajstić information content (AvgIpc) is 3.16. The Labute approximate surface area is 168 Å². The predicted molar refractivity (Wildman–Crippen MR) is 113 cm³/mol. The number of likely N-dealkylation sites (N-methyl/N-ethyl adjacent to an activating group) is 1. The highest BCUT2D eigenvalue weighted by molar-refractivity contribution is 7.21. The number of halogens is 1. The van der Waals surface area contributed by atoms with Gasteiger partial charge in [-0.15, -0.1) is 11.3 Å². The minimum atomic E-state index is 0.0540. The number of carbonyl (C=O) groups is 1. The van der Waals surface area contributed by atoms with E-state index in [9.17, 15) is 4.79 Å². The van der Waals surface area contributed by atoms with Gasteiger partial charge in [-0.2, -0.15) is 0 Å². The lowest BCUT2D eigenvalue weighted by atomic mass is 9.89. The Kier molecular flexibility index (Phi) is 4.04. The van der Waals surface area contributed by atoms with E-state index in [2.05, 4.69) is 32.2 Å². The van der Waals surface area contributed by atoms with Crippen molar-refractivity contribution < 1.29 is 9.69 Å². The molecule has 0 spiro atoms. The van der Waals surface area contributed by atoms with Crippen LogP contribution in [-0.2, 0) is 0 Å². The highest BCUT2D eigenvalue weighted by Gasteiger charge is 2.46. The maximum atomic E-state index is 13.7. The highest BCUT2D eigenvalue weighted by atomic mass is 35.5. The summed E-state index contributed by atoms with van der Waals surface area (Å²) in [4.78, 5) is 17.9. The molecule has 5 heteroatoms. The second-order valence-corrected chi connectivity index (χ2v) is 9.28. The van der Waals surface area contributed by atoms with Crippen molar-refractivity contribution in [1.82, 2.24) is 0 Å². The van der Waals surface area contributed by atoms with Gasteiger partial charge in [0.05, 0.1) is 37.1 Å². The molecule has 1 saturated heterocycles. The minimum Gasteiger partial charge on any atom is -0.337 e. The zero-order valence-electron chi connectivity index (χ0n) is 15.5. The van der Waals surface area contributed by atoms with Gasteiger partial charge in [0.25, 0.3) is 5.91 Å². The fourth-order valence-corrected chi connectivity index (χ4v) is 6.17. The molecule has 5 rings (SSSR count). The second kappa shape index (κ2) is 6.33. The van der Waals surface area contributed by atoms with Gasteiger partial charge < -0.3 is 9.80 Å². The Morgan fingerprint density at radius 2 is 2.07 bits per heavy atom. The van der Waals surface area contributed by atoms with Gasteiger partial charge in [0.1, 0.15) is 4.88 Å². The van der Waals surface area contributed by atoms with Crippen molar-refractivity contribution >= 4 is 44.6 Å². The highest BCUT2D eigenvalue weighted by Crippen LogP contribution is 2.45. The fourth-order valence-electron chi connectivity index (χ4n) is 4.73. The van der Waals surface area contributed by atoms with Crippen molar-refractivity contribution in [2.45, 2.75) is 25.3 Å². The molecule has 1 unspecified atom stereocenters. The van der Waals surface area contributed by atoms with E-state index in [0.717, 1.165) is 35.3 Å². The maximum Gasteiger partial charge on any atom is 0.270 e. The summed E-state index contributed by atoms with van der Waals surface area (Å²) in [7, 11) is 2.25. The van der Waals surface area contributed by atoms with Crippen LogP contribution < -0.4 is 9.80 Å². The SMILES string of the molecule is Cc1ccc2c(c1)[C@@H]1C[NH+](C)CC[C@@H]1N2C(=O)c1sc2ccccc2c1Cl. The van der Waals surface area contributed by atoms with E-state index < -0.39 is 0 Å². The lowest BCUT2D eigenvalue weighted by molar-refractivity contribution is -0.886. The monoisotopic (exact) mass is 397 g/mol. The number of rotatable bonds is 1. The Morgan fingerprint density at radius 1 is 1.26 bits per heavy atom. The second-order valence-electron chi connectivity index (χ2n) is 7.85. The molecule has 0 saturated carbocycles. The number of anilines is 1. The molecule has 138 valence electrons. The maximum absolute atomic E-state index is 13.7. The summed E-state index contributed by atoms with van der Waals surface area (Å²) in [6.07, 6.45) is 1.03. The number of likely N-dealkylation sites (tertiary alicyclic amines) is 1. The van der Waals surface area contributed by atoms with Gasteiger partial charge in [-0.05, 0) is 24.6 Å². The normalized spacial score (nSPS) is 24.1. The first-order valence-electron chi connectivity index (χ1n) is 9.47. The van der Waals surface area contributed by atoms with Gasteiger partial charge in [0.2, 0.25) is 0 Å². The molecular weight excluding hydrogens is 376 g/mol. The van der Waals surface area contributed by atoms with Crippen LogP contribution >= 0.6 is 22.9 Å². The lowest BCUT2D eigenvalue weighted by Gasteiger charge is -2.34. The summed E-state index contributed by atoms with van der Waals surface area (Å²) in [6, 6.07) is 14.7. The van der Waals surface area contributed by atoms with Crippen LogP contribution in [0.3, 0.4) is 0 Å². The molecule has 1 N–H and O–H groups in total. The molecule has 3 atom stereocenters. The largest absolute Gasteiger partial charge is 0.337 e. The lowest BCUT2D eigenvalue weighted by Crippen LogP contribution is -3.11. The number of piperidine rings is 1. The summed E-state index contributed by atoms with van der Waals surface area (Å²) in [5.41, 5.74) is 3.65. The number of carbonyl (C=O) groups excluding carboxylic acids is 1. The van der Waals surface area contributed by atoms with E-state index in [-0.39, 0.29) is 11.9 Å². The van der Waals surface area contributed by atoms with Crippen LogP contribution in [0.15, 0.2) is 42.5 Å². The minimum absolute atomic E-state index is 0.0540. The quantitative estimate of drug-likeness (QED) is 0.662. The van der Waals surface area contributed by atoms with Crippen molar-refractivity contribution in [2.75, 3.05) is 25.0 Å². The molecule has 0 radical (unpaired) electrons. The first-order chi connectivity index (χ1) is 13.0. The van der Waals surface area contributed by atoms with Gasteiger partial charge in [-0.3, -0.25) is 4.79 Å². The molecule has 3 heterocycles. The van der Waals surface area contributed by atoms with Crippen molar-refractivity contribution in [3.63, 3.8) is 0 Å². The number of nitrogens with zero attached hydrogens (tertiary/aromatic N) is 1. The molecule has 0 aliphatic carbocycles. The van der Waals surface area contributed by atoms with Crippen molar-refractivity contribution in [2.24, 2.45) is 0 Å². The molecular formula is C22H22ClN2OS+. The molecule has 1 fully saturated rings. The number of thiophene rings is 1. The Bertz CT molecular complexity index is 1060. The van der Waals surface area contributed by atoms with Crippen LogP contribution in [0.25, 0.3) is 10.1 Å². The number of hydrogen-bond donors (Lipinski definition) is 1. The van der Waals surface area contributed by atoms with Crippen LogP contribution in [0.2, 0.25) is 5.02 Å². The molecule has 3 nitrogen and oxygen atoms in total. The van der Waals surface area contributed by atoms with Crippen molar-refractivity contribution in [3.05, 3.63) is 63.5 Å².